The second-order valence-corrected chi connectivity index (χ2v) is 3.18. The van der Waals surface area contributed by atoms with E-state index in [0.29, 0.717) is 6.42 Å². The maximum absolute atomic E-state index is 10.9. The van der Waals surface area contributed by atoms with Gasteiger partial charge in [-0.1, -0.05) is 6.92 Å². The summed E-state index contributed by atoms with van der Waals surface area (Å²) in [5.41, 5.74) is 0. The van der Waals surface area contributed by atoms with Crippen molar-refractivity contribution in [2.45, 2.75) is 32.8 Å². The van der Waals surface area contributed by atoms with Gasteiger partial charge in [0.15, 0.2) is 0 Å². The highest BCUT2D eigenvalue weighted by Gasteiger charge is 2.09. The molecule has 0 saturated heterocycles. The van der Waals surface area contributed by atoms with Gasteiger partial charge in [0.05, 0.1) is 19.1 Å². The third kappa shape index (κ3) is 7.46. The summed E-state index contributed by atoms with van der Waals surface area (Å²) in [6.07, 6.45) is 0.803. The Bertz CT molecular complexity index is 165. The second-order valence-electron chi connectivity index (χ2n) is 3.18. The number of esters is 1. The predicted molar refractivity (Wildman–Crippen MR) is 47.1 cm³/mol. The van der Waals surface area contributed by atoms with E-state index in [2.05, 4.69) is 0 Å². The fraction of sp³-hybridized carbons (Fsp3) is 0.778. The van der Waals surface area contributed by atoms with Crippen LogP contribution in [-0.4, -0.2) is 30.1 Å². The standard InChI is InChI=1S/C9H16O4/c1-7(6-10)5-9(12)13-4-3-8(2)11/h6-8,11H,3-5H2,1-2H3. The Morgan fingerprint density at radius 1 is 1.54 bits per heavy atom. The molecule has 0 fully saturated rings. The highest BCUT2D eigenvalue weighted by molar-refractivity contribution is 5.73. The molecule has 0 aromatic heterocycles. The van der Waals surface area contributed by atoms with E-state index in [1.165, 1.54) is 0 Å². The maximum Gasteiger partial charge on any atom is 0.306 e. The summed E-state index contributed by atoms with van der Waals surface area (Å²) < 4.78 is 4.77. The smallest absolute Gasteiger partial charge is 0.306 e. The molecule has 0 saturated carbocycles. The zero-order valence-corrected chi connectivity index (χ0v) is 8.03. The van der Waals surface area contributed by atoms with Crippen LogP contribution in [0, 0.1) is 5.92 Å². The van der Waals surface area contributed by atoms with E-state index in [1.807, 2.05) is 0 Å². The van der Waals surface area contributed by atoms with E-state index < -0.39 is 6.10 Å². The number of carbonyl (C=O) groups is 2. The molecule has 0 aliphatic carbocycles. The van der Waals surface area contributed by atoms with Crippen molar-refractivity contribution >= 4 is 12.3 Å². The highest BCUT2D eigenvalue weighted by atomic mass is 16.5. The average molecular weight is 188 g/mol. The van der Waals surface area contributed by atoms with E-state index in [1.54, 1.807) is 13.8 Å². The van der Waals surface area contributed by atoms with Gasteiger partial charge in [-0.25, -0.2) is 0 Å². The van der Waals surface area contributed by atoms with Crippen molar-refractivity contribution in [3.05, 3.63) is 0 Å². The molecule has 0 aromatic carbocycles. The molecule has 0 aromatic rings. The van der Waals surface area contributed by atoms with Gasteiger partial charge >= 0.3 is 5.97 Å². The van der Waals surface area contributed by atoms with E-state index in [-0.39, 0.29) is 24.9 Å². The fourth-order valence-corrected chi connectivity index (χ4v) is 0.713. The number of aldehydes is 1. The van der Waals surface area contributed by atoms with Crippen molar-refractivity contribution in [3.8, 4) is 0 Å². The second kappa shape index (κ2) is 6.60. The van der Waals surface area contributed by atoms with Crippen molar-refractivity contribution in [1.82, 2.24) is 0 Å². The van der Waals surface area contributed by atoms with Crippen LogP contribution in [0.25, 0.3) is 0 Å². The average Bonchev–Trinajstić information content (AvgIpc) is 2.03. The minimum absolute atomic E-state index is 0.114. The van der Waals surface area contributed by atoms with Gasteiger partial charge in [0.2, 0.25) is 0 Å². The molecule has 4 nitrogen and oxygen atoms in total. The lowest BCUT2D eigenvalue weighted by Gasteiger charge is -2.06. The molecular formula is C9H16O4. The van der Waals surface area contributed by atoms with Gasteiger partial charge in [0.1, 0.15) is 6.29 Å². The van der Waals surface area contributed by atoms with Crippen LogP contribution in [0.3, 0.4) is 0 Å². The molecule has 13 heavy (non-hydrogen) atoms. The maximum atomic E-state index is 10.9. The molecular weight excluding hydrogens is 172 g/mol. The quantitative estimate of drug-likeness (QED) is 0.487. The summed E-state index contributed by atoms with van der Waals surface area (Å²) in [4.78, 5) is 21.1. The SMILES string of the molecule is CC(O)CCOC(=O)CC(C)C=O. The van der Waals surface area contributed by atoms with Crippen molar-refractivity contribution in [2.24, 2.45) is 5.92 Å². The number of hydrogen-bond donors (Lipinski definition) is 1. The van der Waals surface area contributed by atoms with Crippen LogP contribution < -0.4 is 0 Å². The molecule has 0 spiro atoms. The molecule has 0 radical (unpaired) electrons. The third-order valence-corrected chi connectivity index (χ3v) is 1.52. The van der Waals surface area contributed by atoms with Gasteiger partial charge in [-0.05, 0) is 6.92 Å². The zero-order chi connectivity index (χ0) is 10.3. The summed E-state index contributed by atoms with van der Waals surface area (Å²) in [7, 11) is 0. The minimum Gasteiger partial charge on any atom is -0.466 e. The van der Waals surface area contributed by atoms with Crippen LogP contribution in [0.1, 0.15) is 26.7 Å². The van der Waals surface area contributed by atoms with Gasteiger partial charge < -0.3 is 14.6 Å². The van der Waals surface area contributed by atoms with Gasteiger partial charge in [-0.3, -0.25) is 4.79 Å². The molecule has 0 amide bonds. The highest BCUT2D eigenvalue weighted by Crippen LogP contribution is 2.00. The Balaban J connectivity index is 3.46. The van der Waals surface area contributed by atoms with Crippen molar-refractivity contribution in [1.29, 1.82) is 0 Å². The first-order chi connectivity index (χ1) is 6.06. The molecule has 0 aliphatic heterocycles. The summed E-state index contributed by atoms with van der Waals surface area (Å²) in [5.74, 6) is -0.681. The van der Waals surface area contributed by atoms with Crippen LogP contribution >= 0.6 is 0 Å². The number of aliphatic hydroxyl groups is 1. The van der Waals surface area contributed by atoms with Crippen molar-refractivity contribution in [3.63, 3.8) is 0 Å². The minimum atomic E-state index is -0.462. The molecule has 0 rings (SSSR count). The predicted octanol–water partition coefficient (Wildman–Crippen LogP) is 0.526. The summed E-state index contributed by atoms with van der Waals surface area (Å²) in [6.45, 7) is 3.49. The molecule has 1 N–H and O–H groups in total. The summed E-state index contributed by atoms with van der Waals surface area (Å²) in [5, 5.41) is 8.85. The molecule has 0 heterocycles. The zero-order valence-electron chi connectivity index (χ0n) is 8.03. The van der Waals surface area contributed by atoms with Crippen molar-refractivity contribution < 1.29 is 19.4 Å². The molecule has 76 valence electrons. The number of rotatable bonds is 6. The lowest BCUT2D eigenvalue weighted by atomic mass is 10.1. The topological polar surface area (TPSA) is 63.6 Å². The van der Waals surface area contributed by atoms with Crippen LogP contribution in [0.2, 0.25) is 0 Å². The first kappa shape index (κ1) is 12.1. The Morgan fingerprint density at radius 3 is 2.62 bits per heavy atom. The molecule has 2 unspecified atom stereocenters. The molecule has 0 bridgehead atoms. The Kier molecular flexibility index (Phi) is 6.14. The lowest BCUT2D eigenvalue weighted by molar-refractivity contribution is -0.145. The molecule has 0 aliphatic rings. The van der Waals surface area contributed by atoms with Crippen LogP contribution in [0.15, 0.2) is 0 Å². The monoisotopic (exact) mass is 188 g/mol. The van der Waals surface area contributed by atoms with Gasteiger partial charge in [0, 0.05) is 12.3 Å². The van der Waals surface area contributed by atoms with Gasteiger partial charge in [0.25, 0.3) is 0 Å². The number of carbonyl (C=O) groups excluding carboxylic acids is 2. The van der Waals surface area contributed by atoms with Crippen LogP contribution in [-0.2, 0) is 14.3 Å². The number of ether oxygens (including phenoxy) is 1. The van der Waals surface area contributed by atoms with E-state index >= 15 is 0 Å². The Morgan fingerprint density at radius 2 is 2.15 bits per heavy atom. The summed E-state index contributed by atoms with van der Waals surface area (Å²) in [6, 6.07) is 0. The Labute approximate surface area is 77.9 Å². The fourth-order valence-electron chi connectivity index (χ4n) is 0.713. The van der Waals surface area contributed by atoms with E-state index in [4.69, 9.17) is 9.84 Å². The lowest BCUT2D eigenvalue weighted by Crippen LogP contribution is -2.13. The number of aliphatic hydroxyl groups excluding tert-OH is 1. The molecule has 4 heteroatoms. The third-order valence-electron chi connectivity index (χ3n) is 1.52. The Hall–Kier alpha value is -0.900. The van der Waals surface area contributed by atoms with E-state index in [0.717, 1.165) is 6.29 Å². The first-order valence-electron chi connectivity index (χ1n) is 4.35. The van der Waals surface area contributed by atoms with Crippen molar-refractivity contribution in [2.75, 3.05) is 6.61 Å². The first-order valence-corrected chi connectivity index (χ1v) is 4.35. The van der Waals surface area contributed by atoms with Gasteiger partial charge in [-0.15, -0.1) is 0 Å². The largest absolute Gasteiger partial charge is 0.466 e. The van der Waals surface area contributed by atoms with Crippen LogP contribution in [0.5, 0.6) is 0 Å². The summed E-state index contributed by atoms with van der Waals surface area (Å²) >= 11 is 0. The van der Waals surface area contributed by atoms with E-state index in [9.17, 15) is 9.59 Å². The number of hydrogen-bond acceptors (Lipinski definition) is 4. The van der Waals surface area contributed by atoms with Crippen LogP contribution in [0.4, 0.5) is 0 Å². The van der Waals surface area contributed by atoms with Gasteiger partial charge in [-0.2, -0.15) is 0 Å². The molecule has 2 atom stereocenters. The normalized spacial score (nSPS) is 14.7.